The number of anilines is 1. The number of carbonyl (C=O) groups excluding carboxylic acids is 2. The smallest absolute Gasteiger partial charge is 0.237 e. The molecule has 2 amide bonds. The van der Waals surface area contributed by atoms with E-state index in [1.54, 1.807) is 13.8 Å². The molecule has 1 N–H and O–H groups in total. The van der Waals surface area contributed by atoms with E-state index >= 15 is 0 Å². The third-order valence-corrected chi connectivity index (χ3v) is 3.48. The van der Waals surface area contributed by atoms with Gasteiger partial charge in [-0.1, -0.05) is 25.7 Å². The number of rotatable bonds is 1. The van der Waals surface area contributed by atoms with Crippen LogP contribution in [0.3, 0.4) is 0 Å². The third kappa shape index (κ3) is 2.30. The summed E-state index contributed by atoms with van der Waals surface area (Å²) in [7, 11) is 0. The molecule has 2 rings (SSSR count). The number of aliphatic hydroxyl groups excluding tert-OH is 1. The van der Waals surface area contributed by atoms with E-state index in [0.717, 1.165) is 11.0 Å². The number of aliphatic hydroxyl groups is 1. The van der Waals surface area contributed by atoms with E-state index in [4.69, 9.17) is 5.11 Å². The molecule has 0 spiro atoms. The number of hydrogen-bond acceptors (Lipinski definition) is 3. The van der Waals surface area contributed by atoms with Crippen molar-refractivity contribution in [1.82, 2.24) is 0 Å². The number of carbonyl (C=O) groups is 2. The summed E-state index contributed by atoms with van der Waals surface area (Å²) in [5, 5.41) is 8.64. The van der Waals surface area contributed by atoms with Crippen LogP contribution in [0.4, 0.5) is 10.1 Å². The highest BCUT2D eigenvalue weighted by Gasteiger charge is 2.43. The van der Waals surface area contributed by atoms with Crippen molar-refractivity contribution in [3.63, 3.8) is 0 Å². The Morgan fingerprint density at radius 3 is 2.40 bits per heavy atom. The fourth-order valence-corrected chi connectivity index (χ4v) is 2.08. The predicted octanol–water partition coefficient (Wildman–Crippen LogP) is 1.31. The normalized spacial score (nSPS) is 21.9. The van der Waals surface area contributed by atoms with Crippen LogP contribution in [0.5, 0.6) is 0 Å². The average Bonchev–Trinajstić information content (AvgIpc) is 2.63. The first-order valence-electron chi connectivity index (χ1n) is 6.24. The summed E-state index contributed by atoms with van der Waals surface area (Å²) in [4.78, 5) is 25.2. The molecule has 20 heavy (non-hydrogen) atoms. The van der Waals surface area contributed by atoms with Gasteiger partial charge in [-0.15, -0.1) is 0 Å². The fourth-order valence-electron chi connectivity index (χ4n) is 2.08. The van der Waals surface area contributed by atoms with Crippen molar-refractivity contribution in [1.29, 1.82) is 0 Å². The van der Waals surface area contributed by atoms with Gasteiger partial charge in [-0.25, -0.2) is 4.39 Å². The maximum atomic E-state index is 13.6. The fraction of sp³-hybridized carbons (Fsp3) is 0.333. The Morgan fingerprint density at radius 1 is 1.25 bits per heavy atom. The molecular weight excluding hydrogens is 261 g/mol. The maximum Gasteiger partial charge on any atom is 0.237 e. The Kier molecular flexibility index (Phi) is 3.86. The maximum absolute atomic E-state index is 13.6. The molecule has 0 aromatic heterocycles. The SMILES string of the molecule is CC1C(=O)N(c2ccc(F)c(C#CCO)c2)C(=O)C1C. The van der Waals surface area contributed by atoms with E-state index in [1.807, 2.05) is 0 Å². The van der Waals surface area contributed by atoms with Crippen molar-refractivity contribution >= 4 is 17.5 Å². The van der Waals surface area contributed by atoms with Crippen LogP contribution in [0, 0.1) is 29.5 Å². The van der Waals surface area contributed by atoms with Gasteiger partial charge in [0.2, 0.25) is 11.8 Å². The lowest BCUT2D eigenvalue weighted by Gasteiger charge is -2.15. The summed E-state index contributed by atoms with van der Waals surface area (Å²) >= 11 is 0. The van der Waals surface area contributed by atoms with Crippen molar-refractivity contribution in [2.24, 2.45) is 11.8 Å². The third-order valence-electron chi connectivity index (χ3n) is 3.48. The Hall–Kier alpha value is -2.19. The number of imide groups is 1. The second-order valence-corrected chi connectivity index (χ2v) is 4.71. The van der Waals surface area contributed by atoms with Gasteiger partial charge in [-0.2, -0.15) is 0 Å². The van der Waals surface area contributed by atoms with E-state index in [2.05, 4.69) is 11.8 Å². The first-order valence-corrected chi connectivity index (χ1v) is 6.24. The number of amides is 2. The van der Waals surface area contributed by atoms with Crippen molar-refractivity contribution in [3.05, 3.63) is 29.6 Å². The van der Waals surface area contributed by atoms with Crippen LogP contribution in [0.15, 0.2) is 18.2 Å². The van der Waals surface area contributed by atoms with Crippen molar-refractivity contribution < 1.29 is 19.1 Å². The molecular formula is C15H14FNO3. The lowest BCUT2D eigenvalue weighted by atomic mass is 10.00. The number of benzene rings is 1. The molecule has 0 saturated carbocycles. The first kappa shape index (κ1) is 14.2. The quantitative estimate of drug-likeness (QED) is 0.621. The molecule has 2 unspecified atom stereocenters. The van der Waals surface area contributed by atoms with Crippen LogP contribution in [-0.2, 0) is 9.59 Å². The number of halogens is 1. The summed E-state index contributed by atoms with van der Waals surface area (Å²) in [6.07, 6.45) is 0. The first-order chi connectivity index (χ1) is 9.47. The van der Waals surface area contributed by atoms with Crippen molar-refractivity contribution in [2.45, 2.75) is 13.8 Å². The van der Waals surface area contributed by atoms with E-state index < -0.39 is 5.82 Å². The van der Waals surface area contributed by atoms with Gasteiger partial charge in [0.05, 0.1) is 11.3 Å². The molecule has 1 fully saturated rings. The summed E-state index contributed by atoms with van der Waals surface area (Å²) in [5.74, 6) is 2.86. The van der Waals surface area contributed by atoms with Crippen molar-refractivity contribution in [3.8, 4) is 11.8 Å². The molecule has 104 valence electrons. The lowest BCUT2D eigenvalue weighted by Crippen LogP contribution is -2.30. The molecule has 1 saturated heterocycles. The van der Waals surface area contributed by atoms with Gasteiger partial charge in [0.15, 0.2) is 0 Å². The number of nitrogens with zero attached hydrogens (tertiary/aromatic N) is 1. The van der Waals surface area contributed by atoms with E-state index in [1.165, 1.54) is 12.1 Å². The summed E-state index contributed by atoms with van der Waals surface area (Å²) < 4.78 is 13.6. The van der Waals surface area contributed by atoms with Crippen LogP contribution in [-0.4, -0.2) is 23.5 Å². The minimum Gasteiger partial charge on any atom is -0.384 e. The van der Waals surface area contributed by atoms with Crippen LogP contribution in [0.1, 0.15) is 19.4 Å². The Bertz CT molecular complexity index is 610. The number of hydrogen-bond donors (Lipinski definition) is 1. The largest absolute Gasteiger partial charge is 0.384 e. The zero-order valence-electron chi connectivity index (χ0n) is 11.2. The van der Waals surface area contributed by atoms with Gasteiger partial charge in [0.25, 0.3) is 0 Å². The van der Waals surface area contributed by atoms with Gasteiger partial charge in [-0.05, 0) is 18.2 Å². The van der Waals surface area contributed by atoms with Crippen LogP contribution in [0.2, 0.25) is 0 Å². The molecule has 4 nitrogen and oxygen atoms in total. The highest BCUT2D eigenvalue weighted by atomic mass is 19.1. The zero-order chi connectivity index (χ0) is 14.9. The topological polar surface area (TPSA) is 57.6 Å². The molecule has 1 aromatic rings. The predicted molar refractivity (Wildman–Crippen MR) is 71.2 cm³/mol. The molecule has 0 bridgehead atoms. The van der Waals surface area contributed by atoms with E-state index in [-0.39, 0.29) is 35.8 Å². The monoisotopic (exact) mass is 275 g/mol. The van der Waals surface area contributed by atoms with E-state index in [9.17, 15) is 14.0 Å². The molecule has 1 aliphatic heterocycles. The summed E-state index contributed by atoms with van der Waals surface area (Å²) in [6, 6.07) is 3.88. The van der Waals surface area contributed by atoms with Crippen LogP contribution < -0.4 is 4.90 Å². The van der Waals surface area contributed by atoms with Crippen LogP contribution in [0.25, 0.3) is 0 Å². The minimum atomic E-state index is -0.560. The Morgan fingerprint density at radius 2 is 1.85 bits per heavy atom. The van der Waals surface area contributed by atoms with Gasteiger partial charge in [-0.3, -0.25) is 14.5 Å². The second kappa shape index (κ2) is 5.43. The standard InChI is InChI=1S/C15H14FNO3/c1-9-10(2)15(20)17(14(9)19)12-5-6-13(16)11(8-12)4-3-7-18/h5-6,8-10,18H,7H2,1-2H3. The van der Waals surface area contributed by atoms with Gasteiger partial charge in [0.1, 0.15) is 12.4 Å². The highest BCUT2D eigenvalue weighted by molar-refractivity contribution is 6.21. The Balaban J connectivity index is 2.44. The lowest BCUT2D eigenvalue weighted by molar-refractivity contribution is -0.122. The van der Waals surface area contributed by atoms with E-state index in [0.29, 0.717) is 5.69 Å². The molecule has 1 aromatic carbocycles. The van der Waals surface area contributed by atoms with Crippen molar-refractivity contribution in [2.75, 3.05) is 11.5 Å². The zero-order valence-corrected chi connectivity index (χ0v) is 11.2. The second-order valence-electron chi connectivity index (χ2n) is 4.71. The molecule has 0 radical (unpaired) electrons. The molecule has 5 heteroatoms. The molecule has 2 atom stereocenters. The van der Waals surface area contributed by atoms with Gasteiger partial charge in [0, 0.05) is 11.8 Å². The molecule has 1 heterocycles. The summed E-state index contributed by atoms with van der Waals surface area (Å²) in [6.45, 7) is 3.00. The van der Waals surface area contributed by atoms with Gasteiger partial charge >= 0.3 is 0 Å². The molecule has 1 aliphatic rings. The Labute approximate surface area is 116 Å². The van der Waals surface area contributed by atoms with Gasteiger partial charge < -0.3 is 5.11 Å². The minimum absolute atomic E-state index is 0.0457. The molecule has 0 aliphatic carbocycles. The highest BCUT2D eigenvalue weighted by Crippen LogP contribution is 2.31. The summed E-state index contributed by atoms with van der Waals surface area (Å²) in [5.41, 5.74) is 0.351. The average molecular weight is 275 g/mol. The van der Waals surface area contributed by atoms with Crippen LogP contribution >= 0.6 is 0 Å².